The second kappa shape index (κ2) is 10.5. The van der Waals surface area contributed by atoms with Gasteiger partial charge in [-0.2, -0.15) is 0 Å². The van der Waals surface area contributed by atoms with Crippen molar-refractivity contribution < 1.29 is 0 Å². The fourth-order valence-electron chi connectivity index (χ4n) is 9.51. The Kier molecular flexibility index (Phi) is 5.86. The highest BCUT2D eigenvalue weighted by atomic mass is 15.2. The first kappa shape index (κ1) is 28.4. The Balaban J connectivity index is 1.15. The van der Waals surface area contributed by atoms with E-state index in [0.717, 1.165) is 22.8 Å². The molecule has 1 aliphatic heterocycles. The average Bonchev–Trinajstić information content (AvgIpc) is 3.80. The lowest BCUT2D eigenvalue weighted by Crippen LogP contribution is -2.41. The second-order valence-electron chi connectivity index (χ2n) is 13.9. The van der Waals surface area contributed by atoms with Gasteiger partial charge in [0, 0.05) is 40.2 Å². The third kappa shape index (κ3) is 3.70. The van der Waals surface area contributed by atoms with E-state index in [1.807, 2.05) is 0 Å². The first-order valence-electron chi connectivity index (χ1n) is 17.7. The summed E-state index contributed by atoms with van der Waals surface area (Å²) in [6, 6.07) is 64.3. The summed E-state index contributed by atoms with van der Waals surface area (Å²) < 4.78 is 2.38. The summed E-state index contributed by atoms with van der Waals surface area (Å²) in [6.07, 6.45) is 0. The molecule has 0 saturated heterocycles. The van der Waals surface area contributed by atoms with Gasteiger partial charge in [0.1, 0.15) is 5.84 Å². The van der Waals surface area contributed by atoms with Gasteiger partial charge < -0.3 is 9.47 Å². The second-order valence-corrected chi connectivity index (χ2v) is 13.9. The van der Waals surface area contributed by atoms with Crippen LogP contribution < -0.4 is 0 Å². The Morgan fingerprint density at radius 1 is 0.490 bits per heavy atom. The molecule has 1 aromatic heterocycles. The van der Waals surface area contributed by atoms with Crippen LogP contribution in [0.4, 0.5) is 0 Å². The third-order valence-electron chi connectivity index (χ3n) is 11.5. The molecule has 3 nitrogen and oxygen atoms in total. The molecule has 2 aliphatic carbocycles. The molecule has 8 aromatic rings. The van der Waals surface area contributed by atoms with Crippen LogP contribution in [0.15, 0.2) is 186 Å². The summed E-state index contributed by atoms with van der Waals surface area (Å²) in [4.78, 5) is 8.10. The molecule has 2 heterocycles. The monoisotopic (exact) mass is 651 g/mol. The van der Waals surface area contributed by atoms with Crippen LogP contribution in [0.2, 0.25) is 0 Å². The summed E-state index contributed by atoms with van der Waals surface area (Å²) in [5.41, 5.74) is 15.7. The molecule has 0 saturated carbocycles. The lowest BCUT2D eigenvalue weighted by molar-refractivity contribution is 0.394. The van der Waals surface area contributed by atoms with Gasteiger partial charge >= 0.3 is 0 Å². The molecule has 7 aromatic carbocycles. The van der Waals surface area contributed by atoms with Crippen molar-refractivity contribution in [2.24, 2.45) is 4.99 Å². The molecule has 3 aliphatic rings. The fraction of sp³-hybridized carbons (Fsp3) is 0.0625. The van der Waals surface area contributed by atoms with Crippen LogP contribution in [-0.4, -0.2) is 22.4 Å². The molecule has 1 unspecified atom stereocenters. The number of likely N-dealkylation sites (N-methyl/N-ethyl adjacent to an activating group) is 1. The van der Waals surface area contributed by atoms with Gasteiger partial charge in [-0.15, -0.1) is 0 Å². The molecule has 51 heavy (non-hydrogen) atoms. The van der Waals surface area contributed by atoms with Crippen molar-refractivity contribution in [3.8, 4) is 16.8 Å². The number of para-hydroxylation sites is 2. The summed E-state index contributed by atoms with van der Waals surface area (Å²) in [5.74, 6) is 0.975. The number of hydrogen-bond acceptors (Lipinski definition) is 2. The minimum Gasteiger partial charge on any atom is -0.348 e. The van der Waals surface area contributed by atoms with Crippen LogP contribution in [0, 0.1) is 0 Å². The number of hydrogen-bond donors (Lipinski definition) is 0. The van der Waals surface area contributed by atoms with E-state index in [4.69, 9.17) is 4.99 Å². The van der Waals surface area contributed by atoms with Crippen molar-refractivity contribution in [2.45, 2.75) is 11.5 Å². The molecule has 240 valence electrons. The number of benzene rings is 7. The number of amidine groups is 1. The molecule has 1 spiro atoms. The Morgan fingerprint density at radius 2 is 0.980 bits per heavy atom. The Morgan fingerprint density at radius 3 is 1.59 bits per heavy atom. The number of aliphatic imine (C=N–C) groups is 1. The van der Waals surface area contributed by atoms with Crippen molar-refractivity contribution in [1.82, 2.24) is 9.47 Å². The van der Waals surface area contributed by atoms with Gasteiger partial charge in [-0.1, -0.05) is 140 Å². The quantitative estimate of drug-likeness (QED) is 0.186. The maximum atomic E-state index is 5.68. The van der Waals surface area contributed by atoms with Crippen molar-refractivity contribution >= 4 is 33.3 Å². The van der Waals surface area contributed by atoms with E-state index in [2.05, 4.69) is 192 Å². The minimum atomic E-state index is -0.455. The maximum absolute atomic E-state index is 5.68. The Bertz CT molecular complexity index is 2670. The van der Waals surface area contributed by atoms with Crippen LogP contribution in [0.5, 0.6) is 0 Å². The first-order valence-corrected chi connectivity index (χ1v) is 17.7. The van der Waals surface area contributed by atoms with E-state index < -0.39 is 5.41 Å². The zero-order chi connectivity index (χ0) is 33.7. The van der Waals surface area contributed by atoms with Crippen LogP contribution >= 0.6 is 0 Å². The van der Waals surface area contributed by atoms with Crippen LogP contribution in [0.3, 0.4) is 0 Å². The fourth-order valence-corrected chi connectivity index (χ4v) is 9.51. The van der Waals surface area contributed by atoms with Crippen molar-refractivity contribution in [1.29, 1.82) is 0 Å². The molecule has 3 heteroatoms. The summed E-state index contributed by atoms with van der Waals surface area (Å²) in [7, 11) is 2.23. The van der Waals surface area contributed by atoms with Crippen molar-refractivity contribution in [2.75, 3.05) is 7.05 Å². The van der Waals surface area contributed by atoms with Gasteiger partial charge in [0.2, 0.25) is 0 Å². The van der Waals surface area contributed by atoms with Gasteiger partial charge in [0.05, 0.1) is 28.2 Å². The average molecular weight is 652 g/mol. The normalized spacial score (nSPS) is 16.7. The molecule has 1 atom stereocenters. The zero-order valence-corrected chi connectivity index (χ0v) is 28.2. The molecular weight excluding hydrogens is 619 g/mol. The minimum absolute atomic E-state index is 0.0441. The Labute approximate surface area is 297 Å². The van der Waals surface area contributed by atoms with Gasteiger partial charge in [-0.05, 0) is 69.8 Å². The number of fused-ring (bicyclic) bond motifs is 12. The highest BCUT2D eigenvalue weighted by molar-refractivity contribution is 6.10. The van der Waals surface area contributed by atoms with E-state index in [1.165, 1.54) is 66.3 Å². The maximum Gasteiger partial charge on any atom is 0.137 e. The molecule has 11 rings (SSSR count). The van der Waals surface area contributed by atoms with Crippen LogP contribution in [0.1, 0.15) is 39.4 Å². The summed E-state index contributed by atoms with van der Waals surface area (Å²) in [5, 5.41) is 2.53. The highest BCUT2D eigenvalue weighted by Crippen LogP contribution is 2.65. The summed E-state index contributed by atoms with van der Waals surface area (Å²) in [6.45, 7) is 0. The van der Waals surface area contributed by atoms with E-state index >= 15 is 0 Å². The number of rotatable bonds is 3. The van der Waals surface area contributed by atoms with Gasteiger partial charge in [0.15, 0.2) is 0 Å². The van der Waals surface area contributed by atoms with Crippen molar-refractivity contribution in [3.63, 3.8) is 0 Å². The van der Waals surface area contributed by atoms with Crippen LogP contribution in [0.25, 0.3) is 44.3 Å². The lowest BCUT2D eigenvalue weighted by atomic mass is 9.66. The topological polar surface area (TPSA) is 20.5 Å². The third-order valence-corrected chi connectivity index (χ3v) is 11.5. The van der Waals surface area contributed by atoms with Crippen molar-refractivity contribution in [3.05, 3.63) is 215 Å². The van der Waals surface area contributed by atoms with E-state index in [1.54, 1.807) is 0 Å². The standard InChI is InChI=1S/C48H33N3/c1-50-46(31-15-3-2-4-16-31)44-45(38-21-7-12-24-41(38)48(44)39-22-10-5-17-34(39)35-18-6-11-23-40(35)48)49-47(50)32-27-29-33(30-28-32)51-42-25-13-8-19-36(42)37-20-9-14-26-43(37)51/h2-30,46H,1H3. The predicted molar refractivity (Wildman–Crippen MR) is 209 cm³/mol. The molecular formula is C48H33N3. The van der Waals surface area contributed by atoms with Gasteiger partial charge in [-0.25, -0.2) is 4.99 Å². The SMILES string of the molecule is CN1C(c2ccc(-n3c4ccccc4c4ccccc43)cc2)=NC2=C(C1c1ccccc1)C1(c3ccccc32)c2ccccc2-c2ccccc21. The predicted octanol–water partition coefficient (Wildman–Crippen LogP) is 11.0. The number of nitrogens with zero attached hydrogens (tertiary/aromatic N) is 3. The van der Waals surface area contributed by atoms with E-state index in [9.17, 15) is 0 Å². The van der Waals surface area contributed by atoms with Crippen LogP contribution in [-0.2, 0) is 5.41 Å². The molecule has 0 bridgehead atoms. The molecule has 0 radical (unpaired) electrons. The molecule has 0 N–H and O–H groups in total. The highest BCUT2D eigenvalue weighted by Gasteiger charge is 2.57. The van der Waals surface area contributed by atoms with E-state index in [-0.39, 0.29) is 6.04 Å². The number of aromatic nitrogens is 1. The molecule has 0 fully saturated rings. The largest absolute Gasteiger partial charge is 0.348 e. The zero-order valence-electron chi connectivity index (χ0n) is 28.2. The first-order chi connectivity index (χ1) is 25.2. The van der Waals surface area contributed by atoms with Gasteiger partial charge in [0.25, 0.3) is 0 Å². The lowest BCUT2D eigenvalue weighted by Gasteiger charge is -2.43. The van der Waals surface area contributed by atoms with Gasteiger partial charge in [-0.3, -0.25) is 0 Å². The Hall–Kier alpha value is -6.45. The summed E-state index contributed by atoms with van der Waals surface area (Å²) >= 11 is 0. The van der Waals surface area contributed by atoms with E-state index in [0.29, 0.717) is 0 Å². The molecule has 0 amide bonds. The smallest absolute Gasteiger partial charge is 0.137 e.